The number of nitrogens with one attached hydrogen (secondary N) is 1. The Morgan fingerprint density at radius 2 is 1.82 bits per heavy atom. The molecule has 2 rings (SSSR count). The lowest BCUT2D eigenvalue weighted by Crippen LogP contribution is -2.23. The molecule has 0 radical (unpaired) electrons. The number of rotatable bonds is 10. The molecule has 0 heterocycles. The van der Waals surface area contributed by atoms with Gasteiger partial charge in [0.15, 0.2) is 0 Å². The highest BCUT2D eigenvalue weighted by molar-refractivity contribution is 7.98. The lowest BCUT2D eigenvalue weighted by molar-refractivity contribution is 0.0641. The number of aliphatic hydroxyl groups is 2. The van der Waals surface area contributed by atoms with E-state index in [9.17, 15) is 9.90 Å². The van der Waals surface area contributed by atoms with Crippen molar-refractivity contribution in [2.45, 2.75) is 24.3 Å². The average Bonchev–Trinajstić information content (AvgIpc) is 2.71. The maximum absolute atomic E-state index is 12.5. The van der Waals surface area contributed by atoms with Crippen LogP contribution in [-0.2, 0) is 4.74 Å². The summed E-state index contributed by atoms with van der Waals surface area (Å²) in [6, 6.07) is 14.7. The number of aliphatic hydroxyl groups excluding tert-OH is 2. The van der Waals surface area contributed by atoms with Crippen LogP contribution in [0, 0.1) is 5.92 Å². The van der Waals surface area contributed by atoms with Crippen LogP contribution in [0.2, 0.25) is 0 Å². The van der Waals surface area contributed by atoms with E-state index in [1.54, 1.807) is 17.8 Å². The molecule has 0 saturated heterocycles. The molecule has 28 heavy (non-hydrogen) atoms. The number of ether oxygens (including phenoxy) is 2. The maximum Gasteiger partial charge on any atom is 0.412 e. The van der Waals surface area contributed by atoms with Crippen molar-refractivity contribution in [1.82, 2.24) is 0 Å². The van der Waals surface area contributed by atoms with E-state index in [0.717, 1.165) is 4.90 Å². The Balaban J connectivity index is 2.17. The highest BCUT2D eigenvalue weighted by Gasteiger charge is 2.26. The zero-order valence-electron chi connectivity index (χ0n) is 16.1. The third kappa shape index (κ3) is 6.44. The van der Waals surface area contributed by atoms with Gasteiger partial charge in [0, 0.05) is 22.8 Å². The largest absolute Gasteiger partial charge is 0.491 e. The summed E-state index contributed by atoms with van der Waals surface area (Å²) in [4.78, 5) is 13.6. The lowest BCUT2D eigenvalue weighted by Gasteiger charge is -2.26. The van der Waals surface area contributed by atoms with E-state index in [4.69, 9.17) is 14.6 Å². The number of thioether (sulfide) groups is 1. The maximum atomic E-state index is 12.5. The van der Waals surface area contributed by atoms with Gasteiger partial charge in [-0.1, -0.05) is 25.1 Å². The van der Waals surface area contributed by atoms with Gasteiger partial charge in [-0.15, -0.1) is 11.8 Å². The molecule has 3 N–H and O–H groups in total. The van der Waals surface area contributed by atoms with Crippen molar-refractivity contribution in [2.75, 3.05) is 31.4 Å². The summed E-state index contributed by atoms with van der Waals surface area (Å²) in [6.07, 6.45) is 1.27. The minimum absolute atomic E-state index is 0.0154. The van der Waals surface area contributed by atoms with Crippen LogP contribution < -0.4 is 10.1 Å². The van der Waals surface area contributed by atoms with E-state index < -0.39 is 12.2 Å². The Hall–Kier alpha value is -2.22. The molecule has 6 nitrogen and oxygen atoms in total. The van der Waals surface area contributed by atoms with Crippen molar-refractivity contribution in [3.8, 4) is 5.75 Å². The SMILES string of the molecule is CSc1ccc(NC(=O)O[C@H](c2ccccc2OCCO)[C@H](C)CCO)cc1. The second-order valence-electron chi connectivity index (χ2n) is 6.28. The molecular weight excluding hydrogens is 378 g/mol. The van der Waals surface area contributed by atoms with Gasteiger partial charge >= 0.3 is 6.09 Å². The van der Waals surface area contributed by atoms with Crippen molar-refractivity contribution in [3.63, 3.8) is 0 Å². The van der Waals surface area contributed by atoms with E-state index in [2.05, 4.69) is 5.32 Å². The van der Waals surface area contributed by atoms with Crippen LogP contribution in [0.4, 0.5) is 10.5 Å². The molecule has 7 heteroatoms. The fourth-order valence-electron chi connectivity index (χ4n) is 2.78. The smallest absolute Gasteiger partial charge is 0.412 e. The number of carbonyl (C=O) groups excluding carboxylic acids is 1. The first-order valence-electron chi connectivity index (χ1n) is 9.14. The molecule has 0 fully saturated rings. The van der Waals surface area contributed by atoms with Crippen LogP contribution in [0.25, 0.3) is 0 Å². The summed E-state index contributed by atoms with van der Waals surface area (Å²) in [7, 11) is 0. The summed E-state index contributed by atoms with van der Waals surface area (Å²) in [5.74, 6) is 0.414. The molecule has 0 unspecified atom stereocenters. The molecular formula is C21H27NO5S. The topological polar surface area (TPSA) is 88.0 Å². The molecule has 1 amide bonds. The van der Waals surface area contributed by atoms with Gasteiger partial charge in [-0.25, -0.2) is 4.79 Å². The van der Waals surface area contributed by atoms with Crippen molar-refractivity contribution >= 4 is 23.5 Å². The fourth-order valence-corrected chi connectivity index (χ4v) is 3.19. The van der Waals surface area contributed by atoms with Gasteiger partial charge in [0.1, 0.15) is 18.5 Å². The van der Waals surface area contributed by atoms with Crippen molar-refractivity contribution in [2.24, 2.45) is 5.92 Å². The molecule has 2 atom stereocenters. The number of para-hydroxylation sites is 1. The average molecular weight is 406 g/mol. The molecule has 0 aliphatic carbocycles. The summed E-state index contributed by atoms with van der Waals surface area (Å²) in [5, 5.41) is 21.1. The van der Waals surface area contributed by atoms with Crippen LogP contribution in [-0.4, -0.2) is 42.4 Å². The number of hydrogen-bond donors (Lipinski definition) is 3. The minimum atomic E-state index is -0.604. The fraction of sp³-hybridized carbons (Fsp3) is 0.381. The first-order chi connectivity index (χ1) is 13.6. The summed E-state index contributed by atoms with van der Waals surface area (Å²) in [5.41, 5.74) is 1.34. The van der Waals surface area contributed by atoms with Gasteiger partial charge in [0.25, 0.3) is 0 Å². The molecule has 0 aliphatic heterocycles. The highest BCUT2D eigenvalue weighted by atomic mass is 32.2. The number of amides is 1. The summed E-state index contributed by atoms with van der Waals surface area (Å²) >= 11 is 1.62. The Kier molecular flexibility index (Phi) is 9.13. The van der Waals surface area contributed by atoms with Gasteiger partial charge in [0.2, 0.25) is 0 Å². The molecule has 2 aromatic rings. The van der Waals surface area contributed by atoms with Gasteiger partial charge in [0.05, 0.1) is 6.61 Å². The van der Waals surface area contributed by atoms with Crippen LogP contribution in [0.5, 0.6) is 5.75 Å². The zero-order valence-corrected chi connectivity index (χ0v) is 16.9. The van der Waals surface area contributed by atoms with Crippen molar-refractivity contribution in [3.05, 3.63) is 54.1 Å². The second kappa shape index (κ2) is 11.6. The monoisotopic (exact) mass is 405 g/mol. The van der Waals surface area contributed by atoms with Crippen molar-refractivity contribution < 1.29 is 24.5 Å². The first kappa shape index (κ1) is 22.1. The van der Waals surface area contributed by atoms with Crippen LogP contribution >= 0.6 is 11.8 Å². The Bertz CT molecular complexity index is 738. The molecule has 0 saturated carbocycles. The number of benzene rings is 2. The lowest BCUT2D eigenvalue weighted by atomic mass is 9.94. The highest BCUT2D eigenvalue weighted by Crippen LogP contribution is 2.35. The normalized spacial score (nSPS) is 12.9. The van der Waals surface area contributed by atoms with Gasteiger partial charge in [-0.2, -0.15) is 0 Å². The Morgan fingerprint density at radius 1 is 1.11 bits per heavy atom. The molecule has 152 valence electrons. The predicted molar refractivity (Wildman–Crippen MR) is 111 cm³/mol. The molecule has 0 aromatic heterocycles. The third-order valence-corrected chi connectivity index (χ3v) is 4.99. The number of carbonyl (C=O) groups is 1. The first-order valence-corrected chi connectivity index (χ1v) is 10.4. The summed E-state index contributed by atoms with van der Waals surface area (Å²) < 4.78 is 11.3. The van der Waals surface area contributed by atoms with E-state index in [0.29, 0.717) is 23.4 Å². The van der Waals surface area contributed by atoms with E-state index in [1.807, 2.05) is 55.6 Å². The van der Waals surface area contributed by atoms with E-state index in [-0.39, 0.29) is 25.7 Å². The van der Waals surface area contributed by atoms with Gasteiger partial charge < -0.3 is 19.7 Å². The third-order valence-electron chi connectivity index (χ3n) is 4.25. The standard InChI is InChI=1S/C21H27NO5S/c1-15(11-12-23)20(18-5-3-4-6-19(18)26-14-13-24)27-21(25)22-16-7-9-17(28-2)10-8-16/h3-10,15,20,23-24H,11-14H2,1-2H3,(H,22,25)/t15-,20+/m1/s1. The number of hydrogen-bond acceptors (Lipinski definition) is 6. The van der Waals surface area contributed by atoms with Gasteiger partial charge in [-0.3, -0.25) is 5.32 Å². The molecule has 0 bridgehead atoms. The quantitative estimate of drug-likeness (QED) is 0.516. The second-order valence-corrected chi connectivity index (χ2v) is 7.16. The number of anilines is 1. The van der Waals surface area contributed by atoms with Crippen LogP contribution in [0.15, 0.2) is 53.4 Å². The summed E-state index contributed by atoms with van der Waals surface area (Å²) in [6.45, 7) is 1.92. The molecule has 0 aliphatic rings. The minimum Gasteiger partial charge on any atom is -0.491 e. The Morgan fingerprint density at radius 3 is 2.46 bits per heavy atom. The van der Waals surface area contributed by atoms with Crippen molar-refractivity contribution in [1.29, 1.82) is 0 Å². The molecule has 0 spiro atoms. The van der Waals surface area contributed by atoms with Crippen LogP contribution in [0.1, 0.15) is 25.0 Å². The van der Waals surface area contributed by atoms with E-state index in [1.165, 1.54) is 0 Å². The zero-order chi connectivity index (χ0) is 20.4. The Labute approximate surface area is 169 Å². The molecule has 2 aromatic carbocycles. The predicted octanol–water partition coefficient (Wildman–Crippen LogP) is 4.09. The van der Waals surface area contributed by atoms with E-state index >= 15 is 0 Å². The van der Waals surface area contributed by atoms with Gasteiger partial charge in [-0.05, 0) is 48.9 Å². The van der Waals surface area contributed by atoms with Crippen LogP contribution in [0.3, 0.4) is 0 Å².